The van der Waals surface area contributed by atoms with Crippen molar-refractivity contribution in [3.05, 3.63) is 42.7 Å². The second kappa shape index (κ2) is 8.25. The van der Waals surface area contributed by atoms with Crippen molar-refractivity contribution >= 4 is 11.6 Å². The Bertz CT molecular complexity index is 674. The highest BCUT2D eigenvalue weighted by Crippen LogP contribution is 2.21. The van der Waals surface area contributed by atoms with Crippen LogP contribution in [0.5, 0.6) is 0 Å². The van der Waals surface area contributed by atoms with Crippen LogP contribution in [0.25, 0.3) is 0 Å². The molecule has 0 unspecified atom stereocenters. The molecular weight excluding hydrogens is 314 g/mol. The molecule has 25 heavy (non-hydrogen) atoms. The van der Waals surface area contributed by atoms with Gasteiger partial charge in [0, 0.05) is 31.1 Å². The van der Waals surface area contributed by atoms with Gasteiger partial charge in [0.25, 0.3) is 0 Å². The van der Waals surface area contributed by atoms with Crippen molar-refractivity contribution in [1.82, 2.24) is 19.4 Å². The molecule has 0 bridgehead atoms. The summed E-state index contributed by atoms with van der Waals surface area (Å²) in [6, 6.07) is 3.68. The average molecular weight is 341 g/mol. The molecule has 0 aliphatic carbocycles. The van der Waals surface area contributed by atoms with Crippen LogP contribution in [0.2, 0.25) is 0 Å². The normalized spacial score (nSPS) is 16.3. The third kappa shape index (κ3) is 4.89. The fraction of sp³-hybridized carbons (Fsp3) is 0.526. The van der Waals surface area contributed by atoms with Gasteiger partial charge in [-0.1, -0.05) is 13.8 Å². The van der Waals surface area contributed by atoms with Crippen molar-refractivity contribution in [1.29, 1.82) is 0 Å². The zero-order chi connectivity index (χ0) is 17.6. The van der Waals surface area contributed by atoms with Crippen LogP contribution in [0.15, 0.2) is 36.9 Å². The molecule has 1 N–H and O–H groups in total. The second-order valence-electron chi connectivity index (χ2n) is 7.10. The molecule has 0 radical (unpaired) electrons. The van der Waals surface area contributed by atoms with Crippen LogP contribution in [0.1, 0.15) is 38.4 Å². The van der Waals surface area contributed by atoms with Gasteiger partial charge in [-0.05, 0) is 44.0 Å². The molecule has 0 spiro atoms. The summed E-state index contributed by atoms with van der Waals surface area (Å²) in [5.74, 6) is 2.30. The van der Waals surface area contributed by atoms with Crippen LogP contribution in [0, 0.1) is 5.92 Å². The van der Waals surface area contributed by atoms with E-state index in [0.29, 0.717) is 18.4 Å². The molecule has 3 rings (SSSR count). The SMILES string of the molecule is CC(C)c1nccn1CC1CCN(CC(=O)Nc2cccnc2)CC1. The fourth-order valence-electron chi connectivity index (χ4n) is 3.42. The van der Waals surface area contributed by atoms with Crippen LogP contribution < -0.4 is 5.32 Å². The first kappa shape index (κ1) is 17.6. The van der Waals surface area contributed by atoms with E-state index < -0.39 is 0 Å². The van der Waals surface area contributed by atoms with Gasteiger partial charge in [-0.25, -0.2) is 4.98 Å². The van der Waals surface area contributed by atoms with Gasteiger partial charge in [0.15, 0.2) is 0 Å². The quantitative estimate of drug-likeness (QED) is 0.877. The molecule has 2 aromatic heterocycles. The van der Waals surface area contributed by atoms with Crippen LogP contribution >= 0.6 is 0 Å². The summed E-state index contributed by atoms with van der Waals surface area (Å²) in [4.78, 5) is 22.9. The van der Waals surface area contributed by atoms with Crippen molar-refractivity contribution in [3.63, 3.8) is 0 Å². The van der Waals surface area contributed by atoms with E-state index in [9.17, 15) is 4.79 Å². The van der Waals surface area contributed by atoms with E-state index in [4.69, 9.17) is 0 Å². The average Bonchev–Trinajstić information content (AvgIpc) is 3.06. The molecule has 1 saturated heterocycles. The Labute approximate surface area is 149 Å². The monoisotopic (exact) mass is 341 g/mol. The van der Waals surface area contributed by atoms with Crippen molar-refractivity contribution in [2.24, 2.45) is 5.92 Å². The zero-order valence-corrected chi connectivity index (χ0v) is 15.1. The first-order chi connectivity index (χ1) is 12.1. The number of pyridine rings is 1. The van der Waals surface area contributed by atoms with Crippen molar-refractivity contribution in [3.8, 4) is 0 Å². The molecule has 134 valence electrons. The van der Waals surface area contributed by atoms with Crippen LogP contribution in [-0.2, 0) is 11.3 Å². The molecule has 1 fully saturated rings. The summed E-state index contributed by atoms with van der Waals surface area (Å²) >= 11 is 0. The number of rotatable bonds is 6. The number of aromatic nitrogens is 3. The number of hydrogen-bond donors (Lipinski definition) is 1. The van der Waals surface area contributed by atoms with E-state index in [1.807, 2.05) is 18.3 Å². The van der Waals surface area contributed by atoms with Gasteiger partial charge in [-0.2, -0.15) is 0 Å². The van der Waals surface area contributed by atoms with E-state index in [-0.39, 0.29) is 5.91 Å². The van der Waals surface area contributed by atoms with Crippen LogP contribution in [0.3, 0.4) is 0 Å². The summed E-state index contributed by atoms with van der Waals surface area (Å²) < 4.78 is 2.29. The Morgan fingerprint density at radius 1 is 1.32 bits per heavy atom. The third-order valence-corrected chi connectivity index (χ3v) is 4.74. The molecule has 1 aliphatic heterocycles. The van der Waals surface area contributed by atoms with Crippen LogP contribution in [0.4, 0.5) is 5.69 Å². The maximum atomic E-state index is 12.1. The maximum Gasteiger partial charge on any atom is 0.238 e. The molecule has 6 nitrogen and oxygen atoms in total. The van der Waals surface area contributed by atoms with Gasteiger partial charge in [0.05, 0.1) is 18.4 Å². The van der Waals surface area contributed by atoms with Gasteiger partial charge in [0.2, 0.25) is 5.91 Å². The fourth-order valence-corrected chi connectivity index (χ4v) is 3.42. The van der Waals surface area contributed by atoms with E-state index in [1.54, 1.807) is 12.4 Å². The predicted octanol–water partition coefficient (Wildman–Crippen LogP) is 2.75. The van der Waals surface area contributed by atoms with E-state index >= 15 is 0 Å². The summed E-state index contributed by atoms with van der Waals surface area (Å²) in [6.07, 6.45) is 9.59. The smallest absolute Gasteiger partial charge is 0.238 e. The highest BCUT2D eigenvalue weighted by molar-refractivity contribution is 5.92. The topological polar surface area (TPSA) is 63.1 Å². The Morgan fingerprint density at radius 2 is 2.12 bits per heavy atom. The zero-order valence-electron chi connectivity index (χ0n) is 15.1. The van der Waals surface area contributed by atoms with Crippen molar-refractivity contribution in [2.45, 2.75) is 39.2 Å². The molecule has 6 heteroatoms. The number of hydrogen-bond acceptors (Lipinski definition) is 4. The minimum atomic E-state index is 0.0307. The molecule has 1 amide bonds. The molecule has 0 aromatic carbocycles. The lowest BCUT2D eigenvalue weighted by Gasteiger charge is -2.32. The number of carbonyl (C=O) groups is 1. The van der Waals surface area contributed by atoms with Gasteiger partial charge in [0.1, 0.15) is 5.82 Å². The second-order valence-corrected chi connectivity index (χ2v) is 7.10. The number of imidazole rings is 1. The molecule has 0 saturated carbocycles. The Hall–Kier alpha value is -2.21. The van der Waals surface area contributed by atoms with Gasteiger partial charge in [-0.3, -0.25) is 14.7 Å². The summed E-state index contributed by atoms with van der Waals surface area (Å²) in [5, 5.41) is 2.90. The first-order valence-corrected chi connectivity index (χ1v) is 9.05. The molecule has 0 atom stereocenters. The Morgan fingerprint density at radius 3 is 2.80 bits per heavy atom. The number of carbonyl (C=O) groups excluding carboxylic acids is 1. The molecular formula is C19H27N5O. The van der Waals surface area contributed by atoms with Gasteiger partial charge in [-0.15, -0.1) is 0 Å². The number of anilines is 1. The third-order valence-electron chi connectivity index (χ3n) is 4.74. The largest absolute Gasteiger partial charge is 0.334 e. The number of likely N-dealkylation sites (tertiary alicyclic amines) is 1. The lowest BCUT2D eigenvalue weighted by atomic mass is 9.96. The van der Waals surface area contributed by atoms with E-state index in [2.05, 4.69) is 44.8 Å². The highest BCUT2D eigenvalue weighted by Gasteiger charge is 2.22. The summed E-state index contributed by atoms with van der Waals surface area (Å²) in [6.45, 7) is 7.78. The van der Waals surface area contributed by atoms with Gasteiger partial charge < -0.3 is 9.88 Å². The predicted molar refractivity (Wildman–Crippen MR) is 98.3 cm³/mol. The van der Waals surface area contributed by atoms with E-state index in [1.165, 1.54) is 5.82 Å². The highest BCUT2D eigenvalue weighted by atomic mass is 16.2. The number of amides is 1. The number of piperidine rings is 1. The Balaban J connectivity index is 1.44. The number of nitrogens with zero attached hydrogens (tertiary/aromatic N) is 4. The van der Waals surface area contributed by atoms with E-state index in [0.717, 1.165) is 38.2 Å². The summed E-state index contributed by atoms with van der Waals surface area (Å²) in [5.41, 5.74) is 0.753. The molecule has 2 aromatic rings. The van der Waals surface area contributed by atoms with Crippen molar-refractivity contribution in [2.75, 3.05) is 25.0 Å². The minimum absolute atomic E-state index is 0.0307. The Kier molecular flexibility index (Phi) is 5.81. The lowest BCUT2D eigenvalue weighted by molar-refractivity contribution is -0.117. The molecule has 1 aliphatic rings. The van der Waals surface area contributed by atoms with Crippen molar-refractivity contribution < 1.29 is 4.79 Å². The minimum Gasteiger partial charge on any atom is -0.334 e. The number of nitrogens with one attached hydrogen (secondary N) is 1. The first-order valence-electron chi connectivity index (χ1n) is 9.05. The standard InChI is InChI=1S/C19H27N5O/c1-15(2)19-21-8-11-24(19)13-16-5-9-23(10-6-16)14-18(25)22-17-4-3-7-20-12-17/h3-4,7-8,11-12,15-16H,5-6,9-10,13-14H2,1-2H3,(H,22,25). The molecule has 3 heterocycles. The van der Waals surface area contributed by atoms with Crippen LogP contribution in [-0.4, -0.2) is 45.0 Å². The van der Waals surface area contributed by atoms with Gasteiger partial charge >= 0.3 is 0 Å². The summed E-state index contributed by atoms with van der Waals surface area (Å²) in [7, 11) is 0. The maximum absolute atomic E-state index is 12.1. The lowest BCUT2D eigenvalue weighted by Crippen LogP contribution is -2.40.